The number of aliphatic hydroxyl groups is 1. The summed E-state index contributed by atoms with van der Waals surface area (Å²) in [6, 6.07) is 0. The third-order valence-corrected chi connectivity index (χ3v) is 4.15. The number of hydrogen-bond donors (Lipinski definition) is 2. The minimum Gasteiger partial charge on any atom is -0.396 e. The van der Waals surface area contributed by atoms with Crippen molar-refractivity contribution in [3.63, 3.8) is 0 Å². The Labute approximate surface area is 118 Å². The van der Waals surface area contributed by atoms with Gasteiger partial charge in [0, 0.05) is 30.0 Å². The second-order valence-electron chi connectivity index (χ2n) is 4.45. The molecule has 0 radical (unpaired) electrons. The van der Waals surface area contributed by atoms with E-state index < -0.39 is 0 Å². The summed E-state index contributed by atoms with van der Waals surface area (Å²) >= 11 is 10.7. The van der Waals surface area contributed by atoms with E-state index >= 15 is 0 Å². The summed E-state index contributed by atoms with van der Waals surface area (Å²) in [7, 11) is 0. The molecule has 3 atom stereocenters. The molecule has 0 aromatic carbocycles. The van der Waals surface area contributed by atoms with E-state index in [4.69, 9.17) is 17.3 Å². The largest absolute Gasteiger partial charge is 0.396 e. The van der Waals surface area contributed by atoms with E-state index in [9.17, 15) is 5.11 Å². The predicted molar refractivity (Wildman–Crippen MR) is 77.7 cm³/mol. The van der Waals surface area contributed by atoms with Crippen molar-refractivity contribution in [3.05, 3.63) is 40.6 Å². The van der Waals surface area contributed by atoms with Crippen LogP contribution in [0.4, 0.5) is 0 Å². The minimum absolute atomic E-state index is 0.117. The van der Waals surface area contributed by atoms with Crippen molar-refractivity contribution >= 4 is 23.2 Å². The summed E-state index contributed by atoms with van der Waals surface area (Å²) in [4.78, 5) is 0. The van der Waals surface area contributed by atoms with Crippen molar-refractivity contribution in [2.24, 2.45) is 23.0 Å². The highest BCUT2D eigenvalue weighted by molar-refractivity contribution is 6.31. The van der Waals surface area contributed by atoms with Gasteiger partial charge in [-0.15, -0.1) is 17.3 Å². The van der Waals surface area contributed by atoms with Gasteiger partial charge in [0.2, 0.25) is 0 Å². The molecular formula is C14H19Cl2NO. The monoisotopic (exact) mass is 287 g/mol. The molecule has 0 saturated heterocycles. The van der Waals surface area contributed by atoms with Gasteiger partial charge in [0.05, 0.1) is 0 Å². The molecule has 4 heteroatoms. The molecule has 18 heavy (non-hydrogen) atoms. The Bertz CT molecular complexity index is 422. The standard InChI is InChI=1S/C13H16ClNO.CH3Cl/c1-9-12(7-16)13(9,8-15)10-4-2-3-5-11(14)6-10;1-2/h3-6,9,12,16H,7-8,15H2,1H3;1H3/t9-,12?,13-;/m1./s1. The molecule has 2 aliphatic rings. The van der Waals surface area contributed by atoms with E-state index in [0.717, 1.165) is 5.57 Å². The third-order valence-electron chi connectivity index (χ3n) is 3.91. The number of halogens is 2. The van der Waals surface area contributed by atoms with Crippen LogP contribution in [-0.4, -0.2) is 24.6 Å². The summed E-state index contributed by atoms with van der Waals surface area (Å²) < 4.78 is 0. The molecule has 1 fully saturated rings. The fourth-order valence-electron chi connectivity index (χ4n) is 2.75. The zero-order valence-corrected chi connectivity index (χ0v) is 12.2. The lowest BCUT2D eigenvalue weighted by molar-refractivity contribution is 0.256. The summed E-state index contributed by atoms with van der Waals surface area (Å²) in [6.07, 6.45) is 8.91. The van der Waals surface area contributed by atoms with Gasteiger partial charge in [-0.1, -0.05) is 18.5 Å². The van der Waals surface area contributed by atoms with Crippen LogP contribution in [0, 0.1) is 17.3 Å². The second-order valence-corrected chi connectivity index (χ2v) is 4.89. The SMILES string of the molecule is CCl.C[C@@H]1C(CO)[C@@]1(CN)C1=CC(Cl)=CC=C=C1. The fraction of sp³-hybridized carbons (Fsp3) is 0.500. The molecule has 0 heterocycles. The molecule has 1 unspecified atom stereocenters. The Balaban J connectivity index is 0.000000771. The molecule has 0 aromatic rings. The first-order valence-electron chi connectivity index (χ1n) is 5.86. The normalized spacial score (nSPS) is 33.0. The Hall–Kier alpha value is -0.500. The lowest BCUT2D eigenvalue weighted by Gasteiger charge is -2.16. The van der Waals surface area contributed by atoms with E-state index in [2.05, 4.69) is 24.3 Å². The smallest absolute Gasteiger partial charge is 0.0471 e. The number of nitrogens with two attached hydrogens (primary N) is 1. The molecule has 2 nitrogen and oxygen atoms in total. The zero-order chi connectivity index (χ0) is 13.8. The van der Waals surface area contributed by atoms with Gasteiger partial charge in [-0.05, 0) is 41.7 Å². The molecule has 100 valence electrons. The Kier molecular flexibility index (Phi) is 5.71. The molecule has 0 spiro atoms. The number of aliphatic hydroxyl groups excluding tert-OH is 1. The average molecular weight is 288 g/mol. The molecule has 2 aliphatic carbocycles. The highest BCUT2D eigenvalue weighted by Crippen LogP contribution is 2.62. The van der Waals surface area contributed by atoms with Crippen LogP contribution in [0.15, 0.2) is 40.6 Å². The fourth-order valence-corrected chi connectivity index (χ4v) is 2.93. The zero-order valence-electron chi connectivity index (χ0n) is 10.7. The maximum absolute atomic E-state index is 9.34. The van der Waals surface area contributed by atoms with Crippen LogP contribution >= 0.6 is 23.2 Å². The summed E-state index contributed by atoms with van der Waals surface area (Å²) in [6.45, 7) is 2.83. The molecular weight excluding hydrogens is 269 g/mol. The number of alkyl halides is 1. The van der Waals surface area contributed by atoms with Gasteiger partial charge >= 0.3 is 0 Å². The average Bonchev–Trinajstić information content (AvgIpc) is 3.05. The summed E-state index contributed by atoms with van der Waals surface area (Å²) in [5.74, 6) is 0.638. The first kappa shape index (κ1) is 15.6. The number of hydrogen-bond acceptors (Lipinski definition) is 2. The quantitative estimate of drug-likeness (QED) is 0.619. The second kappa shape index (κ2) is 6.60. The Morgan fingerprint density at radius 3 is 2.67 bits per heavy atom. The topological polar surface area (TPSA) is 46.2 Å². The minimum atomic E-state index is -0.117. The maximum Gasteiger partial charge on any atom is 0.0471 e. The first-order valence-corrected chi connectivity index (χ1v) is 6.99. The van der Waals surface area contributed by atoms with Gasteiger partial charge in [0.1, 0.15) is 0 Å². The van der Waals surface area contributed by atoms with Gasteiger partial charge in [-0.2, -0.15) is 0 Å². The highest BCUT2D eigenvalue weighted by Gasteiger charge is 2.61. The molecule has 0 aromatic heterocycles. The molecule has 3 N–H and O–H groups in total. The maximum atomic E-state index is 9.34. The van der Waals surface area contributed by atoms with Gasteiger partial charge in [0.15, 0.2) is 0 Å². The lowest BCUT2D eigenvalue weighted by atomic mass is 9.91. The molecule has 1 saturated carbocycles. The molecule has 2 rings (SSSR count). The van der Waals surface area contributed by atoms with Crippen molar-refractivity contribution in [2.45, 2.75) is 6.92 Å². The van der Waals surface area contributed by atoms with Crippen LogP contribution in [0.25, 0.3) is 0 Å². The number of rotatable bonds is 3. The summed E-state index contributed by atoms with van der Waals surface area (Å²) in [5, 5.41) is 10.0. The molecule has 0 bridgehead atoms. The first-order chi connectivity index (χ1) is 8.66. The lowest BCUT2D eigenvalue weighted by Crippen LogP contribution is -2.22. The van der Waals surface area contributed by atoms with E-state index in [1.807, 2.05) is 12.2 Å². The predicted octanol–water partition coefficient (Wildman–Crippen LogP) is 2.82. The van der Waals surface area contributed by atoms with Crippen molar-refractivity contribution in [2.75, 3.05) is 19.5 Å². The van der Waals surface area contributed by atoms with E-state index in [1.54, 1.807) is 12.2 Å². The van der Waals surface area contributed by atoms with Gasteiger partial charge in [-0.3, -0.25) is 0 Å². The van der Waals surface area contributed by atoms with Crippen LogP contribution in [0.5, 0.6) is 0 Å². The van der Waals surface area contributed by atoms with Gasteiger partial charge in [0.25, 0.3) is 0 Å². The number of allylic oxidation sites excluding steroid dienone is 4. The van der Waals surface area contributed by atoms with Crippen molar-refractivity contribution in [1.82, 2.24) is 0 Å². The van der Waals surface area contributed by atoms with Crippen LogP contribution in [0.2, 0.25) is 0 Å². The van der Waals surface area contributed by atoms with Crippen LogP contribution in [0.1, 0.15) is 6.92 Å². The molecule has 0 amide bonds. The van der Waals surface area contributed by atoms with E-state index in [-0.39, 0.29) is 17.9 Å². The Morgan fingerprint density at radius 2 is 2.17 bits per heavy atom. The van der Waals surface area contributed by atoms with Crippen molar-refractivity contribution < 1.29 is 5.11 Å². The van der Waals surface area contributed by atoms with Crippen LogP contribution in [0.3, 0.4) is 0 Å². The highest BCUT2D eigenvalue weighted by atomic mass is 35.5. The third kappa shape index (κ3) is 2.59. The Morgan fingerprint density at radius 1 is 1.50 bits per heavy atom. The van der Waals surface area contributed by atoms with E-state index in [1.165, 1.54) is 6.38 Å². The van der Waals surface area contributed by atoms with Crippen molar-refractivity contribution in [1.29, 1.82) is 0 Å². The van der Waals surface area contributed by atoms with E-state index in [0.29, 0.717) is 17.5 Å². The van der Waals surface area contributed by atoms with Gasteiger partial charge in [-0.25, -0.2) is 0 Å². The summed E-state index contributed by atoms with van der Waals surface area (Å²) in [5.41, 5.74) is 9.90. The van der Waals surface area contributed by atoms with Crippen molar-refractivity contribution in [3.8, 4) is 0 Å². The molecule has 0 aliphatic heterocycles. The van der Waals surface area contributed by atoms with Crippen LogP contribution in [-0.2, 0) is 0 Å². The van der Waals surface area contributed by atoms with Crippen LogP contribution < -0.4 is 5.73 Å². The van der Waals surface area contributed by atoms with Gasteiger partial charge < -0.3 is 10.8 Å².